The second-order valence-electron chi connectivity index (χ2n) is 7.68. The van der Waals surface area contributed by atoms with Crippen molar-refractivity contribution >= 4 is 23.5 Å². The highest BCUT2D eigenvalue weighted by Gasteiger charge is 2.14. The molecule has 30 heavy (non-hydrogen) atoms. The summed E-state index contributed by atoms with van der Waals surface area (Å²) in [5, 5.41) is 6.80. The van der Waals surface area contributed by atoms with Gasteiger partial charge in [0.15, 0.2) is 5.96 Å². The van der Waals surface area contributed by atoms with Gasteiger partial charge in [0.05, 0.1) is 6.54 Å². The van der Waals surface area contributed by atoms with Crippen molar-refractivity contribution < 1.29 is 0 Å². The topological polar surface area (TPSA) is 55.8 Å². The molecule has 0 saturated carbocycles. The summed E-state index contributed by atoms with van der Waals surface area (Å²) in [7, 11) is 2.17. The van der Waals surface area contributed by atoms with Gasteiger partial charge < -0.3 is 20.4 Å². The quantitative estimate of drug-likeness (QED) is 0.403. The van der Waals surface area contributed by atoms with Crippen molar-refractivity contribution in [3.05, 3.63) is 53.2 Å². The molecule has 0 aliphatic carbocycles. The van der Waals surface area contributed by atoms with E-state index in [0.29, 0.717) is 6.54 Å². The molecule has 0 amide bonds. The van der Waals surface area contributed by atoms with Gasteiger partial charge in [-0.1, -0.05) is 18.2 Å². The number of anilines is 1. The first kappa shape index (κ1) is 22.4. The number of piperazine rings is 1. The lowest BCUT2D eigenvalue weighted by atomic mass is 10.1. The van der Waals surface area contributed by atoms with Crippen LogP contribution in [0.3, 0.4) is 0 Å². The Balaban J connectivity index is 1.59. The third-order valence-electron chi connectivity index (χ3n) is 5.29. The summed E-state index contributed by atoms with van der Waals surface area (Å²) >= 11 is 1.78. The van der Waals surface area contributed by atoms with Crippen molar-refractivity contribution in [2.24, 2.45) is 4.99 Å². The predicted octanol–water partition coefficient (Wildman–Crippen LogP) is 3.12. The smallest absolute Gasteiger partial charge is 0.191 e. The molecule has 1 aliphatic heterocycles. The second kappa shape index (κ2) is 11.2. The maximum absolute atomic E-state index is 4.75. The molecule has 2 N–H and O–H groups in total. The van der Waals surface area contributed by atoms with Gasteiger partial charge in [0.2, 0.25) is 0 Å². The van der Waals surface area contributed by atoms with E-state index in [1.165, 1.54) is 16.0 Å². The van der Waals surface area contributed by atoms with Crippen molar-refractivity contribution in [3.8, 4) is 0 Å². The first-order chi connectivity index (χ1) is 14.6. The molecule has 6 nitrogen and oxygen atoms in total. The molecule has 162 valence electrons. The van der Waals surface area contributed by atoms with Crippen molar-refractivity contribution in [1.82, 2.24) is 20.5 Å². The second-order valence-corrected chi connectivity index (χ2v) is 8.53. The van der Waals surface area contributed by atoms with Crippen LogP contribution >= 0.6 is 11.8 Å². The zero-order valence-corrected chi connectivity index (χ0v) is 19.4. The van der Waals surface area contributed by atoms with Crippen LogP contribution in [0, 0.1) is 6.92 Å². The van der Waals surface area contributed by atoms with Gasteiger partial charge in [0, 0.05) is 50.4 Å². The number of rotatable bonds is 7. The fourth-order valence-corrected chi connectivity index (χ4v) is 4.13. The third-order valence-corrected chi connectivity index (χ3v) is 6.11. The van der Waals surface area contributed by atoms with Crippen LogP contribution < -0.4 is 15.5 Å². The van der Waals surface area contributed by atoms with E-state index >= 15 is 0 Å². The minimum atomic E-state index is 0.606. The van der Waals surface area contributed by atoms with Crippen LogP contribution in [0.15, 0.2) is 46.4 Å². The number of pyridine rings is 1. The van der Waals surface area contributed by atoms with Crippen LogP contribution in [0.5, 0.6) is 0 Å². The molecule has 2 aromatic rings. The number of hydrogen-bond donors (Lipinski definition) is 2. The van der Waals surface area contributed by atoms with E-state index in [1.54, 1.807) is 11.8 Å². The summed E-state index contributed by atoms with van der Waals surface area (Å²) in [6.07, 6.45) is 4.07. The number of benzene rings is 1. The lowest BCUT2D eigenvalue weighted by molar-refractivity contribution is 0.312. The summed E-state index contributed by atoms with van der Waals surface area (Å²) < 4.78 is 0. The van der Waals surface area contributed by atoms with E-state index in [4.69, 9.17) is 4.99 Å². The molecule has 1 aliphatic rings. The Morgan fingerprint density at radius 2 is 1.93 bits per heavy atom. The Morgan fingerprint density at radius 1 is 1.13 bits per heavy atom. The molecule has 7 heteroatoms. The predicted molar refractivity (Wildman–Crippen MR) is 129 cm³/mol. The van der Waals surface area contributed by atoms with Gasteiger partial charge >= 0.3 is 0 Å². The fraction of sp³-hybridized carbons (Fsp3) is 0.478. The zero-order chi connectivity index (χ0) is 21.3. The number of likely N-dealkylation sites (N-methyl/N-ethyl adjacent to an activating group) is 1. The van der Waals surface area contributed by atoms with Gasteiger partial charge in [-0.3, -0.25) is 0 Å². The highest BCUT2D eigenvalue weighted by Crippen LogP contribution is 2.21. The van der Waals surface area contributed by atoms with E-state index in [1.807, 2.05) is 6.20 Å². The zero-order valence-electron chi connectivity index (χ0n) is 18.6. The van der Waals surface area contributed by atoms with Gasteiger partial charge in [-0.25, -0.2) is 9.98 Å². The van der Waals surface area contributed by atoms with Crippen molar-refractivity contribution in [2.75, 3.05) is 50.9 Å². The minimum absolute atomic E-state index is 0.606. The molecule has 0 radical (unpaired) electrons. The number of nitrogens with zero attached hydrogens (tertiary/aromatic N) is 4. The molecular weight excluding hydrogens is 392 g/mol. The van der Waals surface area contributed by atoms with Crippen LogP contribution in [0.1, 0.15) is 23.6 Å². The largest absolute Gasteiger partial charge is 0.357 e. The van der Waals surface area contributed by atoms with Crippen LogP contribution in [0.2, 0.25) is 0 Å². The number of hydrogen-bond acceptors (Lipinski definition) is 5. The van der Waals surface area contributed by atoms with Crippen molar-refractivity contribution in [2.45, 2.75) is 31.8 Å². The van der Waals surface area contributed by atoms with Crippen LogP contribution in [-0.4, -0.2) is 61.9 Å². The lowest BCUT2D eigenvalue weighted by Crippen LogP contribution is -2.44. The molecule has 1 aromatic carbocycles. The first-order valence-electron chi connectivity index (χ1n) is 10.6. The van der Waals surface area contributed by atoms with Gasteiger partial charge in [0.1, 0.15) is 5.82 Å². The number of nitrogens with one attached hydrogen (secondary N) is 2. The molecule has 0 bridgehead atoms. The number of aryl methyl sites for hydroxylation is 1. The van der Waals surface area contributed by atoms with E-state index in [9.17, 15) is 0 Å². The third kappa shape index (κ3) is 6.37. The number of aliphatic imine (C=N–C) groups is 1. The van der Waals surface area contributed by atoms with E-state index < -0.39 is 0 Å². The van der Waals surface area contributed by atoms with E-state index in [-0.39, 0.29) is 0 Å². The number of aromatic nitrogens is 1. The molecule has 0 unspecified atom stereocenters. The SMILES string of the molecule is CCNC(=NCc1ccc(N2CCN(C)CC2)nc1)NCc1ccc(C)cc1SC. The molecule has 1 saturated heterocycles. The lowest BCUT2D eigenvalue weighted by Gasteiger charge is -2.33. The monoisotopic (exact) mass is 426 g/mol. The number of thioether (sulfide) groups is 1. The summed E-state index contributed by atoms with van der Waals surface area (Å²) in [5.74, 6) is 1.89. The molecule has 0 spiro atoms. The molecule has 2 heterocycles. The Bertz CT molecular complexity index is 828. The average Bonchev–Trinajstić information content (AvgIpc) is 2.77. The summed E-state index contributed by atoms with van der Waals surface area (Å²) in [4.78, 5) is 15.4. The molecular formula is C23H34N6S. The van der Waals surface area contributed by atoms with E-state index in [0.717, 1.165) is 56.6 Å². The Morgan fingerprint density at radius 3 is 2.60 bits per heavy atom. The van der Waals surface area contributed by atoms with Crippen LogP contribution in [0.4, 0.5) is 5.82 Å². The minimum Gasteiger partial charge on any atom is -0.357 e. The number of guanidine groups is 1. The van der Waals surface area contributed by atoms with E-state index in [2.05, 4.69) is 82.9 Å². The highest BCUT2D eigenvalue weighted by atomic mass is 32.2. The Hall–Kier alpha value is -2.25. The normalized spacial score (nSPS) is 15.3. The first-order valence-corrected chi connectivity index (χ1v) is 11.9. The Labute approximate surface area is 185 Å². The van der Waals surface area contributed by atoms with Gasteiger partial charge in [-0.2, -0.15) is 0 Å². The van der Waals surface area contributed by atoms with Gasteiger partial charge in [0.25, 0.3) is 0 Å². The van der Waals surface area contributed by atoms with Crippen LogP contribution in [-0.2, 0) is 13.1 Å². The van der Waals surface area contributed by atoms with Crippen molar-refractivity contribution in [1.29, 1.82) is 0 Å². The summed E-state index contributed by atoms with van der Waals surface area (Å²) in [5.41, 5.74) is 3.69. The molecule has 3 rings (SSSR count). The Kier molecular flexibility index (Phi) is 8.39. The van der Waals surface area contributed by atoms with Gasteiger partial charge in [-0.15, -0.1) is 11.8 Å². The summed E-state index contributed by atoms with van der Waals surface area (Å²) in [6, 6.07) is 10.8. The molecule has 1 aromatic heterocycles. The fourth-order valence-electron chi connectivity index (χ4n) is 3.42. The standard InChI is InChI=1S/C23H34N6S/c1-5-24-23(27-17-20-8-6-18(2)14-21(20)30-4)26-16-19-7-9-22(25-15-19)29-12-10-28(3)11-13-29/h6-9,14-15H,5,10-13,16-17H2,1-4H3,(H2,24,26,27). The van der Waals surface area contributed by atoms with Crippen LogP contribution in [0.25, 0.3) is 0 Å². The van der Waals surface area contributed by atoms with Crippen molar-refractivity contribution in [3.63, 3.8) is 0 Å². The molecule has 0 atom stereocenters. The highest BCUT2D eigenvalue weighted by molar-refractivity contribution is 7.98. The molecule has 1 fully saturated rings. The maximum Gasteiger partial charge on any atom is 0.191 e. The summed E-state index contributed by atoms with van der Waals surface area (Å²) in [6.45, 7) is 10.6. The van der Waals surface area contributed by atoms with Gasteiger partial charge in [-0.05, 0) is 56.0 Å². The maximum atomic E-state index is 4.75. The average molecular weight is 427 g/mol.